The monoisotopic (exact) mass is 686 g/mol. The molecule has 0 aromatic heterocycles. The summed E-state index contributed by atoms with van der Waals surface area (Å²) in [5.74, 6) is -0.659. The first-order valence-corrected chi connectivity index (χ1v) is 26.6. The van der Waals surface area contributed by atoms with E-state index in [2.05, 4.69) is 34.6 Å². The van der Waals surface area contributed by atoms with Gasteiger partial charge in [0.2, 0.25) is 0 Å². The average molecular weight is 684 g/mol. The van der Waals surface area contributed by atoms with Gasteiger partial charge in [-0.3, -0.25) is 4.79 Å². The van der Waals surface area contributed by atoms with E-state index in [9.17, 15) is 4.79 Å². The molecule has 0 radical (unpaired) electrons. The second kappa shape index (κ2) is 29.3. The number of hydrogen-bond acceptors (Lipinski definition) is 2. The minimum atomic E-state index is -2.14. The molecule has 0 aliphatic rings. The summed E-state index contributed by atoms with van der Waals surface area (Å²) in [4.78, 5) is 10.2. The van der Waals surface area contributed by atoms with Gasteiger partial charge < -0.3 is 5.11 Å². The second-order valence-corrected chi connectivity index (χ2v) is 30.6. The Hall–Kier alpha value is 1.03. The SMILES string of the molecule is CCCCCCCCCCCC(=O)O.CCC[CH2][SnH2][O][Sn]([CH2]CCC)([CH2]CCC)[CH2]CCC. The number of unbranched alkanes of at least 4 members (excludes halogenated alkanes) is 12. The fourth-order valence-electron chi connectivity index (χ4n) is 4.32. The Labute approximate surface area is 224 Å². The van der Waals surface area contributed by atoms with E-state index in [4.69, 9.17) is 6.52 Å². The van der Waals surface area contributed by atoms with Crippen molar-refractivity contribution in [3.8, 4) is 0 Å². The van der Waals surface area contributed by atoms with Gasteiger partial charge in [-0.15, -0.1) is 0 Å². The summed E-state index contributed by atoms with van der Waals surface area (Å²) in [5, 5.41) is 8.41. The van der Waals surface area contributed by atoms with Crippen molar-refractivity contribution in [3.05, 3.63) is 0 Å². The molecule has 0 fully saturated rings. The number of aliphatic carboxylic acids is 1. The molecule has 33 heavy (non-hydrogen) atoms. The first-order valence-electron chi connectivity index (χ1n) is 14.9. The van der Waals surface area contributed by atoms with Crippen LogP contribution in [0, 0.1) is 0 Å². The number of carboxylic acid groups (broad SMARTS) is 1. The molecule has 0 aromatic carbocycles. The topological polar surface area (TPSA) is 46.5 Å². The molecular weight excluding hydrogens is 622 g/mol. The number of hydrogen-bond donors (Lipinski definition) is 1. The summed E-state index contributed by atoms with van der Waals surface area (Å²) in [6.07, 6.45) is 22.7. The zero-order chi connectivity index (χ0) is 25.0. The quantitative estimate of drug-likeness (QED) is 0.0814. The van der Waals surface area contributed by atoms with Crippen LogP contribution >= 0.6 is 0 Å². The molecular formula is C28H62O3Sn2. The third-order valence-corrected chi connectivity index (χ3v) is 37.7. The standard InChI is InChI=1S/C12H24O2.4C4H9.O.2Sn.2H/c1-2-3-4-5-6-7-8-9-10-11-12(13)14;4*1-3-4-2;;;;;/h2-11H2,1H3,(H,13,14);4*1,3-4H2,2H3;;;;;. The van der Waals surface area contributed by atoms with Crippen molar-refractivity contribution in [2.45, 2.75) is 168 Å². The molecule has 3 nitrogen and oxygen atoms in total. The molecule has 0 rings (SSSR count). The predicted molar refractivity (Wildman–Crippen MR) is 154 cm³/mol. The summed E-state index contributed by atoms with van der Waals surface area (Å²) in [6, 6.07) is 0. The number of carboxylic acids is 1. The average Bonchev–Trinajstić information content (AvgIpc) is 2.81. The van der Waals surface area contributed by atoms with Gasteiger partial charge in [0.1, 0.15) is 0 Å². The molecule has 0 amide bonds. The van der Waals surface area contributed by atoms with Crippen LogP contribution in [0.15, 0.2) is 0 Å². The Bertz CT molecular complexity index is 370. The first kappa shape index (κ1) is 36.2. The summed E-state index contributed by atoms with van der Waals surface area (Å²) in [6.45, 7) is 11.6. The van der Waals surface area contributed by atoms with E-state index in [0.717, 1.165) is 12.8 Å². The maximum atomic E-state index is 10.2. The van der Waals surface area contributed by atoms with E-state index in [1.807, 2.05) is 0 Å². The van der Waals surface area contributed by atoms with Crippen molar-refractivity contribution in [2.75, 3.05) is 0 Å². The molecule has 0 aliphatic heterocycles. The molecule has 0 heterocycles. The number of rotatable bonds is 24. The maximum absolute atomic E-state index is 10.2. The van der Waals surface area contributed by atoms with Crippen molar-refractivity contribution in [1.82, 2.24) is 0 Å². The van der Waals surface area contributed by atoms with Crippen molar-refractivity contribution >= 4 is 46.3 Å². The van der Waals surface area contributed by atoms with Crippen molar-refractivity contribution < 1.29 is 11.3 Å². The van der Waals surface area contributed by atoms with Gasteiger partial charge in [0.15, 0.2) is 0 Å². The van der Waals surface area contributed by atoms with Crippen molar-refractivity contribution in [2.24, 2.45) is 0 Å². The van der Waals surface area contributed by atoms with Crippen LogP contribution in [-0.2, 0) is 6.21 Å². The van der Waals surface area contributed by atoms with E-state index < -0.39 is 46.3 Å². The van der Waals surface area contributed by atoms with Crippen LogP contribution in [0.25, 0.3) is 0 Å². The molecule has 0 atom stereocenters. The Morgan fingerprint density at radius 3 is 1.39 bits per heavy atom. The molecule has 0 spiro atoms. The van der Waals surface area contributed by atoms with Gasteiger partial charge in [0.05, 0.1) is 0 Å². The summed E-state index contributed by atoms with van der Waals surface area (Å²) < 4.78 is 13.0. The number of carbonyl (C=O) groups is 1. The van der Waals surface area contributed by atoms with Gasteiger partial charge in [-0.2, -0.15) is 0 Å². The predicted octanol–water partition coefficient (Wildman–Crippen LogP) is 9.64. The normalized spacial score (nSPS) is 11.7. The van der Waals surface area contributed by atoms with Gasteiger partial charge in [0, 0.05) is 6.42 Å². The fraction of sp³-hybridized carbons (Fsp3) is 0.964. The van der Waals surface area contributed by atoms with Gasteiger partial charge in [-0.1, -0.05) is 58.3 Å². The van der Waals surface area contributed by atoms with Gasteiger partial charge in [-0.05, 0) is 6.42 Å². The summed E-state index contributed by atoms with van der Waals surface area (Å²) >= 11 is -2.98. The molecule has 0 bridgehead atoms. The van der Waals surface area contributed by atoms with Crippen LogP contribution in [0.1, 0.15) is 150 Å². The van der Waals surface area contributed by atoms with Crippen molar-refractivity contribution in [1.29, 1.82) is 0 Å². The van der Waals surface area contributed by atoms with Crippen molar-refractivity contribution in [3.63, 3.8) is 0 Å². The molecule has 5 heteroatoms. The first-order chi connectivity index (χ1) is 16.0. The van der Waals surface area contributed by atoms with Crippen LogP contribution in [0.5, 0.6) is 0 Å². The third-order valence-electron chi connectivity index (χ3n) is 6.61. The minimum absolute atomic E-state index is 0.343. The van der Waals surface area contributed by atoms with Crippen LogP contribution in [0.2, 0.25) is 17.7 Å². The zero-order valence-corrected chi connectivity index (χ0v) is 30.4. The fourth-order valence-corrected chi connectivity index (χ4v) is 39.2. The molecule has 0 aliphatic carbocycles. The molecule has 0 unspecified atom stereocenters. The van der Waals surface area contributed by atoms with E-state index in [1.54, 1.807) is 0 Å². The van der Waals surface area contributed by atoms with Crippen LogP contribution < -0.4 is 0 Å². The molecule has 200 valence electrons. The van der Waals surface area contributed by atoms with E-state index >= 15 is 0 Å². The van der Waals surface area contributed by atoms with Gasteiger partial charge in [-0.25, -0.2) is 0 Å². The Morgan fingerprint density at radius 2 is 1.00 bits per heavy atom. The Morgan fingerprint density at radius 1 is 0.606 bits per heavy atom. The molecule has 1 N–H and O–H groups in total. The van der Waals surface area contributed by atoms with Crippen LogP contribution in [-0.4, -0.2) is 51.4 Å². The second-order valence-electron chi connectivity index (χ2n) is 10.0. The molecule has 0 saturated heterocycles. The van der Waals surface area contributed by atoms with Gasteiger partial charge >= 0.3 is 145 Å². The van der Waals surface area contributed by atoms with Gasteiger partial charge in [0.25, 0.3) is 0 Å². The summed E-state index contributed by atoms with van der Waals surface area (Å²) in [7, 11) is 0. The summed E-state index contributed by atoms with van der Waals surface area (Å²) in [5.41, 5.74) is 0. The Balaban J connectivity index is 0. The third kappa shape index (κ3) is 27.5. The molecule has 0 saturated carbocycles. The van der Waals surface area contributed by atoms with E-state index in [-0.39, 0.29) is 0 Å². The molecule has 0 aromatic rings. The Kier molecular flexibility index (Phi) is 32.1. The van der Waals surface area contributed by atoms with Crippen LogP contribution in [0.3, 0.4) is 0 Å². The van der Waals surface area contributed by atoms with E-state index in [1.165, 1.54) is 114 Å². The zero-order valence-electron chi connectivity index (χ0n) is 23.5. The van der Waals surface area contributed by atoms with E-state index in [0.29, 0.717) is 6.42 Å². The van der Waals surface area contributed by atoms with Crippen LogP contribution in [0.4, 0.5) is 0 Å².